The fourth-order valence-electron chi connectivity index (χ4n) is 1.65. The van der Waals surface area contributed by atoms with Crippen molar-refractivity contribution in [3.05, 3.63) is 5.89 Å². The minimum absolute atomic E-state index is 0.00842. The maximum Gasteiger partial charge on any atom is 0.318 e. The molecule has 0 spiro atoms. The van der Waals surface area contributed by atoms with E-state index in [4.69, 9.17) is 4.42 Å². The van der Waals surface area contributed by atoms with Gasteiger partial charge < -0.3 is 20.0 Å². The van der Waals surface area contributed by atoms with Crippen LogP contribution >= 0.6 is 0 Å². The molecule has 0 radical (unpaired) electrons. The third-order valence-corrected chi connectivity index (χ3v) is 2.66. The van der Waals surface area contributed by atoms with Gasteiger partial charge in [-0.3, -0.25) is 4.79 Å². The number of nitrogens with one attached hydrogen (secondary N) is 2. The molecule has 7 heteroatoms. The zero-order valence-electron chi connectivity index (χ0n) is 12.9. The number of rotatable bonds is 8. The van der Waals surface area contributed by atoms with E-state index in [0.717, 1.165) is 13.0 Å². The van der Waals surface area contributed by atoms with E-state index in [2.05, 4.69) is 27.8 Å². The molecule has 0 saturated carbocycles. The molecule has 1 unspecified atom stereocenters. The second kappa shape index (κ2) is 7.84. The lowest BCUT2D eigenvalue weighted by Gasteiger charge is -2.15. The van der Waals surface area contributed by atoms with Crippen molar-refractivity contribution in [1.82, 2.24) is 20.8 Å². The average Bonchev–Trinajstić information content (AvgIpc) is 2.84. The lowest BCUT2D eigenvalue weighted by atomic mass is 10.3. The lowest BCUT2D eigenvalue weighted by Crippen LogP contribution is -2.38. The Morgan fingerprint density at radius 3 is 2.65 bits per heavy atom. The normalized spacial score (nSPS) is 12.5. The van der Waals surface area contributed by atoms with E-state index in [9.17, 15) is 4.79 Å². The van der Waals surface area contributed by atoms with E-state index in [1.54, 1.807) is 11.9 Å². The molecule has 0 bridgehead atoms. The van der Waals surface area contributed by atoms with Crippen molar-refractivity contribution < 1.29 is 9.21 Å². The molecule has 114 valence electrons. The Bertz CT molecular complexity index is 419. The number of hydrogen-bond acceptors (Lipinski definition) is 6. The summed E-state index contributed by atoms with van der Waals surface area (Å²) in [5, 5.41) is 14.1. The minimum Gasteiger partial charge on any atom is -0.406 e. The van der Waals surface area contributed by atoms with Crippen LogP contribution in [0.25, 0.3) is 0 Å². The van der Waals surface area contributed by atoms with Crippen LogP contribution in [-0.4, -0.2) is 42.3 Å². The standard InChI is InChI=1S/C13H25N5O2/c1-6-7-14-10(4)12-16-17-13(20-12)18(5)8-11(19)15-9(2)3/h9-10,14H,6-8H2,1-5H3,(H,15,19). The fraction of sp³-hybridized carbons (Fsp3) is 0.769. The van der Waals surface area contributed by atoms with Gasteiger partial charge in [-0.1, -0.05) is 12.0 Å². The first-order valence-electron chi connectivity index (χ1n) is 7.01. The molecule has 1 atom stereocenters. The van der Waals surface area contributed by atoms with Gasteiger partial charge >= 0.3 is 6.01 Å². The molecule has 0 aliphatic heterocycles. The summed E-state index contributed by atoms with van der Waals surface area (Å²) in [5.41, 5.74) is 0. The quantitative estimate of drug-likeness (QED) is 0.743. The van der Waals surface area contributed by atoms with Crippen LogP contribution in [0, 0.1) is 0 Å². The van der Waals surface area contributed by atoms with E-state index in [1.807, 2.05) is 20.8 Å². The number of hydrogen-bond donors (Lipinski definition) is 2. The smallest absolute Gasteiger partial charge is 0.318 e. The molecule has 0 aliphatic carbocycles. The van der Waals surface area contributed by atoms with Gasteiger partial charge in [0.2, 0.25) is 11.8 Å². The van der Waals surface area contributed by atoms with Crippen LogP contribution < -0.4 is 15.5 Å². The molecule has 1 aromatic heterocycles. The molecule has 2 N–H and O–H groups in total. The summed E-state index contributed by atoms with van der Waals surface area (Å²) in [5.74, 6) is 0.462. The summed E-state index contributed by atoms with van der Waals surface area (Å²) in [6.07, 6.45) is 1.04. The Kier molecular flexibility index (Phi) is 6.44. The highest BCUT2D eigenvalue weighted by Gasteiger charge is 2.17. The maximum atomic E-state index is 11.7. The summed E-state index contributed by atoms with van der Waals surface area (Å²) in [4.78, 5) is 13.3. The van der Waals surface area contributed by atoms with Crippen molar-refractivity contribution in [1.29, 1.82) is 0 Å². The molecule has 1 amide bonds. The largest absolute Gasteiger partial charge is 0.406 e. The van der Waals surface area contributed by atoms with E-state index in [0.29, 0.717) is 11.9 Å². The highest BCUT2D eigenvalue weighted by atomic mass is 16.4. The van der Waals surface area contributed by atoms with Gasteiger partial charge in [0.25, 0.3) is 0 Å². The van der Waals surface area contributed by atoms with Crippen LogP contribution in [0.1, 0.15) is 46.0 Å². The van der Waals surface area contributed by atoms with Crippen molar-refractivity contribution in [2.75, 3.05) is 25.0 Å². The average molecular weight is 283 g/mol. The molecule has 20 heavy (non-hydrogen) atoms. The van der Waals surface area contributed by atoms with Crippen LogP contribution in [0.2, 0.25) is 0 Å². The second-order valence-electron chi connectivity index (χ2n) is 5.18. The number of aromatic nitrogens is 2. The number of nitrogens with zero attached hydrogens (tertiary/aromatic N) is 3. The van der Waals surface area contributed by atoms with Crippen molar-refractivity contribution >= 4 is 11.9 Å². The first kappa shape index (κ1) is 16.4. The minimum atomic E-state index is -0.0700. The summed E-state index contributed by atoms with van der Waals surface area (Å²) >= 11 is 0. The number of anilines is 1. The van der Waals surface area contributed by atoms with Gasteiger partial charge in [0, 0.05) is 13.1 Å². The molecule has 1 rings (SSSR count). The van der Waals surface area contributed by atoms with Crippen LogP contribution in [0.4, 0.5) is 6.01 Å². The fourth-order valence-corrected chi connectivity index (χ4v) is 1.65. The number of amides is 1. The van der Waals surface area contributed by atoms with Gasteiger partial charge in [0.15, 0.2) is 0 Å². The Morgan fingerprint density at radius 2 is 2.05 bits per heavy atom. The SMILES string of the molecule is CCCNC(C)c1nnc(N(C)CC(=O)NC(C)C)o1. The first-order chi connectivity index (χ1) is 9.43. The highest BCUT2D eigenvalue weighted by molar-refractivity contribution is 5.80. The summed E-state index contributed by atoms with van der Waals surface area (Å²) < 4.78 is 5.57. The van der Waals surface area contributed by atoms with E-state index >= 15 is 0 Å². The van der Waals surface area contributed by atoms with Gasteiger partial charge in [0.1, 0.15) is 6.54 Å². The van der Waals surface area contributed by atoms with Crippen molar-refractivity contribution in [2.45, 2.75) is 46.2 Å². The third kappa shape index (κ3) is 5.16. The predicted molar refractivity (Wildman–Crippen MR) is 77.6 cm³/mol. The Labute approximate surface area is 120 Å². The van der Waals surface area contributed by atoms with Crippen LogP contribution in [0.15, 0.2) is 4.42 Å². The van der Waals surface area contributed by atoms with Crippen molar-refractivity contribution in [3.8, 4) is 0 Å². The Balaban J connectivity index is 2.55. The van der Waals surface area contributed by atoms with Crippen LogP contribution in [0.3, 0.4) is 0 Å². The van der Waals surface area contributed by atoms with Crippen LogP contribution in [-0.2, 0) is 4.79 Å². The molecule has 7 nitrogen and oxygen atoms in total. The first-order valence-corrected chi connectivity index (χ1v) is 7.01. The summed E-state index contributed by atoms with van der Waals surface area (Å²) in [6, 6.07) is 0.477. The zero-order chi connectivity index (χ0) is 15.1. The molecule has 0 fully saturated rings. The van der Waals surface area contributed by atoms with Gasteiger partial charge in [-0.05, 0) is 33.7 Å². The van der Waals surface area contributed by atoms with Crippen molar-refractivity contribution in [3.63, 3.8) is 0 Å². The molecule has 0 aromatic carbocycles. The van der Waals surface area contributed by atoms with E-state index in [1.165, 1.54) is 0 Å². The van der Waals surface area contributed by atoms with E-state index < -0.39 is 0 Å². The molecule has 1 aromatic rings. The zero-order valence-corrected chi connectivity index (χ0v) is 12.9. The van der Waals surface area contributed by atoms with Gasteiger partial charge in [-0.15, -0.1) is 5.10 Å². The topological polar surface area (TPSA) is 83.3 Å². The predicted octanol–water partition coefficient (Wildman–Crippen LogP) is 1.09. The molecular formula is C13H25N5O2. The van der Waals surface area contributed by atoms with Gasteiger partial charge in [-0.25, -0.2) is 0 Å². The maximum absolute atomic E-state index is 11.7. The van der Waals surface area contributed by atoms with Gasteiger partial charge in [-0.2, -0.15) is 0 Å². The number of carbonyl (C=O) groups is 1. The second-order valence-corrected chi connectivity index (χ2v) is 5.18. The van der Waals surface area contributed by atoms with Gasteiger partial charge in [0.05, 0.1) is 6.04 Å². The number of likely N-dealkylation sites (N-methyl/N-ethyl adjacent to an activating group) is 1. The molecular weight excluding hydrogens is 258 g/mol. The monoisotopic (exact) mass is 283 g/mol. The van der Waals surface area contributed by atoms with Crippen LogP contribution in [0.5, 0.6) is 0 Å². The Hall–Kier alpha value is -1.63. The third-order valence-electron chi connectivity index (χ3n) is 2.66. The summed E-state index contributed by atoms with van der Waals surface area (Å²) in [6.45, 7) is 8.99. The summed E-state index contributed by atoms with van der Waals surface area (Å²) in [7, 11) is 1.75. The lowest BCUT2D eigenvalue weighted by molar-refractivity contribution is -0.120. The molecule has 1 heterocycles. The van der Waals surface area contributed by atoms with Crippen molar-refractivity contribution in [2.24, 2.45) is 0 Å². The van der Waals surface area contributed by atoms with E-state index in [-0.39, 0.29) is 24.5 Å². The molecule has 0 aliphatic rings. The number of carbonyl (C=O) groups excluding carboxylic acids is 1. The molecule has 0 saturated heterocycles. The Morgan fingerprint density at radius 1 is 1.35 bits per heavy atom. The highest BCUT2D eigenvalue weighted by Crippen LogP contribution is 2.15.